The van der Waals surface area contributed by atoms with Gasteiger partial charge in [-0.1, -0.05) is 0 Å². The Morgan fingerprint density at radius 1 is 1.25 bits per heavy atom. The molecular weight excluding hydrogens is 272 g/mol. The van der Waals surface area contributed by atoms with Crippen molar-refractivity contribution in [2.24, 2.45) is 0 Å². The van der Waals surface area contributed by atoms with E-state index in [-0.39, 0.29) is 18.8 Å². The number of rotatable bonds is 4. The molecule has 1 aromatic carbocycles. The maximum atomic E-state index is 14.0. The van der Waals surface area contributed by atoms with Crippen molar-refractivity contribution in [2.45, 2.75) is 37.7 Å². The maximum Gasteiger partial charge on any atom is 0.416 e. The second kappa shape index (κ2) is 5.24. The first-order valence-electron chi connectivity index (χ1n) is 6.52. The fourth-order valence-corrected chi connectivity index (χ4v) is 2.54. The van der Waals surface area contributed by atoms with Gasteiger partial charge in [-0.15, -0.1) is 0 Å². The van der Waals surface area contributed by atoms with E-state index in [9.17, 15) is 17.6 Å². The van der Waals surface area contributed by atoms with E-state index in [0.717, 1.165) is 18.6 Å². The van der Waals surface area contributed by atoms with Crippen LogP contribution in [0, 0.1) is 0 Å². The zero-order chi connectivity index (χ0) is 15.0. The van der Waals surface area contributed by atoms with Gasteiger partial charge in [0, 0.05) is 18.8 Å². The lowest BCUT2D eigenvalue weighted by atomic mass is 9.81. The molecule has 1 aliphatic carbocycles. The number of hydrogen-bond acceptors (Lipinski definition) is 2. The summed E-state index contributed by atoms with van der Waals surface area (Å²) in [6.07, 6.45) is -2.48. The fraction of sp³-hybridized carbons (Fsp3) is 0.571. The van der Waals surface area contributed by atoms with Crippen molar-refractivity contribution in [3.05, 3.63) is 29.3 Å². The quantitative estimate of drug-likeness (QED) is 0.678. The van der Waals surface area contributed by atoms with Crippen LogP contribution in [0.25, 0.3) is 0 Å². The van der Waals surface area contributed by atoms with Crippen LogP contribution in [-0.4, -0.2) is 24.2 Å². The Balaban J connectivity index is 2.07. The average Bonchev–Trinajstić information content (AvgIpc) is 2.24. The topological polar surface area (TPSA) is 29.3 Å². The lowest BCUT2D eigenvalue weighted by molar-refractivity contribution is -0.137. The molecule has 0 amide bonds. The van der Waals surface area contributed by atoms with Gasteiger partial charge in [0.05, 0.1) is 5.56 Å². The molecule has 0 spiro atoms. The molecule has 1 aliphatic rings. The van der Waals surface area contributed by atoms with Gasteiger partial charge in [-0.3, -0.25) is 4.90 Å². The molecule has 2 nitrogen and oxygen atoms in total. The second-order valence-electron chi connectivity index (χ2n) is 5.64. The summed E-state index contributed by atoms with van der Waals surface area (Å²) in [5, 5.41) is 0. The lowest BCUT2D eigenvalue weighted by Crippen LogP contribution is -2.42. The predicted octanol–water partition coefficient (Wildman–Crippen LogP) is 3.61. The Morgan fingerprint density at radius 3 is 2.40 bits per heavy atom. The molecule has 0 bridgehead atoms. The van der Waals surface area contributed by atoms with Crippen molar-refractivity contribution >= 4 is 5.69 Å². The summed E-state index contributed by atoms with van der Waals surface area (Å²) in [7, 11) is 1.70. The number of nitrogen functional groups attached to an aromatic ring is 1. The number of alkyl halides is 4. The number of nitrogens with zero attached hydrogens (tertiary/aromatic N) is 1. The van der Waals surface area contributed by atoms with Gasteiger partial charge in [0.1, 0.15) is 5.67 Å². The number of halogens is 4. The normalized spacial score (nSPS) is 18.1. The fourth-order valence-electron chi connectivity index (χ4n) is 2.54. The molecule has 112 valence electrons. The summed E-state index contributed by atoms with van der Waals surface area (Å²) in [4.78, 5) is 1.70. The summed E-state index contributed by atoms with van der Waals surface area (Å²) in [6.45, 7) is 0.489. The van der Waals surface area contributed by atoms with Gasteiger partial charge in [-0.25, -0.2) is 4.39 Å². The molecule has 20 heavy (non-hydrogen) atoms. The Bertz CT molecular complexity index is 481. The van der Waals surface area contributed by atoms with Crippen molar-refractivity contribution in [1.29, 1.82) is 0 Å². The molecule has 0 aliphatic heterocycles. The standard InChI is InChI=1S/C14H18F4N2/c1-20(9-13(15)3-2-4-13)8-10-5-11(14(16,17)18)7-12(19)6-10/h5-7H,2-4,8-9,19H2,1H3. The lowest BCUT2D eigenvalue weighted by Gasteiger charge is -2.37. The molecule has 1 saturated carbocycles. The molecule has 6 heteroatoms. The number of nitrogens with two attached hydrogens (primary N) is 1. The third kappa shape index (κ3) is 3.62. The SMILES string of the molecule is CN(Cc1cc(N)cc(C(F)(F)F)c1)CC1(F)CCC1. The van der Waals surface area contributed by atoms with Crippen molar-refractivity contribution in [1.82, 2.24) is 4.90 Å². The highest BCUT2D eigenvalue weighted by Gasteiger charge is 2.38. The summed E-state index contributed by atoms with van der Waals surface area (Å²) in [6, 6.07) is 3.47. The van der Waals surface area contributed by atoms with Crippen LogP contribution in [-0.2, 0) is 12.7 Å². The van der Waals surface area contributed by atoms with Crippen LogP contribution in [0.3, 0.4) is 0 Å². The van der Waals surface area contributed by atoms with Crippen LogP contribution >= 0.6 is 0 Å². The van der Waals surface area contributed by atoms with Gasteiger partial charge in [0.2, 0.25) is 0 Å². The monoisotopic (exact) mass is 290 g/mol. The highest BCUT2D eigenvalue weighted by molar-refractivity contribution is 5.45. The van der Waals surface area contributed by atoms with E-state index in [1.165, 1.54) is 6.07 Å². The number of benzene rings is 1. The van der Waals surface area contributed by atoms with E-state index in [1.807, 2.05) is 0 Å². The van der Waals surface area contributed by atoms with Crippen LogP contribution in [0.15, 0.2) is 18.2 Å². The molecular formula is C14H18F4N2. The average molecular weight is 290 g/mol. The van der Waals surface area contributed by atoms with Crippen molar-refractivity contribution in [3.8, 4) is 0 Å². The van der Waals surface area contributed by atoms with Gasteiger partial charge >= 0.3 is 6.18 Å². The van der Waals surface area contributed by atoms with Gasteiger partial charge in [-0.2, -0.15) is 13.2 Å². The Kier molecular flexibility index (Phi) is 3.95. The second-order valence-corrected chi connectivity index (χ2v) is 5.64. The highest BCUT2D eigenvalue weighted by atomic mass is 19.4. The molecule has 1 aromatic rings. The third-order valence-electron chi connectivity index (χ3n) is 3.60. The van der Waals surface area contributed by atoms with E-state index in [4.69, 9.17) is 5.73 Å². The van der Waals surface area contributed by atoms with E-state index < -0.39 is 17.4 Å². The number of hydrogen-bond donors (Lipinski definition) is 1. The minimum atomic E-state index is -4.42. The van der Waals surface area contributed by atoms with E-state index in [1.54, 1.807) is 11.9 Å². The Hall–Kier alpha value is -1.30. The van der Waals surface area contributed by atoms with Crippen LogP contribution in [0.4, 0.5) is 23.2 Å². The summed E-state index contributed by atoms with van der Waals surface area (Å²) >= 11 is 0. The Morgan fingerprint density at radius 2 is 1.90 bits per heavy atom. The minimum Gasteiger partial charge on any atom is -0.399 e. The molecule has 2 N–H and O–H groups in total. The first-order chi connectivity index (χ1) is 9.18. The van der Waals surface area contributed by atoms with Crippen molar-refractivity contribution in [2.75, 3.05) is 19.3 Å². The summed E-state index contributed by atoms with van der Waals surface area (Å²) in [5.74, 6) is 0. The van der Waals surface area contributed by atoms with Gasteiger partial charge < -0.3 is 5.73 Å². The molecule has 2 rings (SSSR count). The van der Waals surface area contributed by atoms with Crippen LogP contribution in [0.2, 0.25) is 0 Å². The summed E-state index contributed by atoms with van der Waals surface area (Å²) < 4.78 is 52.0. The first-order valence-corrected chi connectivity index (χ1v) is 6.52. The highest BCUT2D eigenvalue weighted by Crippen LogP contribution is 2.36. The molecule has 0 aromatic heterocycles. The van der Waals surface area contributed by atoms with Crippen LogP contribution < -0.4 is 5.73 Å². The smallest absolute Gasteiger partial charge is 0.399 e. The van der Waals surface area contributed by atoms with Crippen molar-refractivity contribution < 1.29 is 17.6 Å². The molecule has 0 saturated heterocycles. The maximum absolute atomic E-state index is 14.0. The Labute approximate surface area is 115 Å². The molecule has 0 radical (unpaired) electrons. The van der Waals surface area contributed by atoms with E-state index in [0.29, 0.717) is 18.4 Å². The van der Waals surface area contributed by atoms with Gasteiger partial charge in [0.15, 0.2) is 0 Å². The minimum absolute atomic E-state index is 0.0711. The van der Waals surface area contributed by atoms with Crippen LogP contribution in [0.1, 0.15) is 30.4 Å². The zero-order valence-corrected chi connectivity index (χ0v) is 11.3. The summed E-state index contributed by atoms with van der Waals surface area (Å²) in [5.41, 5.74) is 4.08. The van der Waals surface area contributed by atoms with Gasteiger partial charge in [-0.05, 0) is 50.1 Å². The van der Waals surface area contributed by atoms with E-state index >= 15 is 0 Å². The molecule has 1 fully saturated rings. The van der Waals surface area contributed by atoms with Crippen LogP contribution in [0.5, 0.6) is 0 Å². The zero-order valence-electron chi connectivity index (χ0n) is 11.3. The third-order valence-corrected chi connectivity index (χ3v) is 3.60. The molecule has 0 unspecified atom stereocenters. The predicted molar refractivity (Wildman–Crippen MR) is 69.9 cm³/mol. The first kappa shape index (κ1) is 15.1. The van der Waals surface area contributed by atoms with E-state index in [2.05, 4.69) is 0 Å². The molecule has 0 heterocycles. The van der Waals surface area contributed by atoms with Gasteiger partial charge in [0.25, 0.3) is 0 Å². The van der Waals surface area contributed by atoms with Crippen molar-refractivity contribution in [3.63, 3.8) is 0 Å². The number of anilines is 1. The molecule has 0 atom stereocenters. The largest absolute Gasteiger partial charge is 0.416 e.